The van der Waals surface area contributed by atoms with Crippen LogP contribution in [0, 0.1) is 11.3 Å². The van der Waals surface area contributed by atoms with E-state index in [-0.39, 0.29) is 19.1 Å². The zero-order valence-electron chi connectivity index (χ0n) is 16.4. The Morgan fingerprint density at radius 3 is 2.61 bits per heavy atom. The second-order valence-corrected chi connectivity index (χ2v) is 6.51. The number of rotatable bonds is 7. The minimum atomic E-state index is -0.273. The zero-order chi connectivity index (χ0) is 21.5. The first kappa shape index (κ1) is 19.8. The number of carbonyl (C=O) groups excluding carboxylic acids is 1. The lowest BCUT2D eigenvalue weighted by Crippen LogP contribution is -2.22. The molecule has 1 N–H and O–H groups in total. The summed E-state index contributed by atoms with van der Waals surface area (Å²) in [7, 11) is 0. The number of nitrogens with zero attached hydrogens (tertiary/aromatic N) is 4. The van der Waals surface area contributed by atoms with E-state index >= 15 is 0 Å². The van der Waals surface area contributed by atoms with Crippen molar-refractivity contribution in [2.75, 3.05) is 0 Å². The molecule has 31 heavy (non-hydrogen) atoms. The first-order chi connectivity index (χ1) is 15.2. The Balaban J connectivity index is 1.31. The molecule has 0 unspecified atom stereocenters. The summed E-state index contributed by atoms with van der Waals surface area (Å²) in [5.74, 6) is 1.07. The topological polar surface area (TPSA) is 114 Å². The van der Waals surface area contributed by atoms with E-state index in [1.807, 2.05) is 18.2 Å². The minimum Gasteiger partial charge on any atom is -0.489 e. The normalized spacial score (nSPS) is 10.3. The predicted octanol–water partition coefficient (Wildman–Crippen LogP) is 3.51. The lowest BCUT2D eigenvalue weighted by Gasteiger charge is -2.08. The maximum Gasteiger partial charge on any atom is 0.251 e. The van der Waals surface area contributed by atoms with Crippen molar-refractivity contribution in [2.24, 2.45) is 0 Å². The number of benzene rings is 2. The van der Waals surface area contributed by atoms with E-state index in [0.717, 1.165) is 11.1 Å². The van der Waals surface area contributed by atoms with Crippen LogP contribution < -0.4 is 10.1 Å². The predicted molar refractivity (Wildman–Crippen MR) is 111 cm³/mol. The van der Waals surface area contributed by atoms with Crippen LogP contribution in [0.5, 0.6) is 5.75 Å². The van der Waals surface area contributed by atoms with E-state index in [0.29, 0.717) is 28.6 Å². The lowest BCUT2D eigenvalue weighted by molar-refractivity contribution is 0.0946. The highest BCUT2D eigenvalue weighted by molar-refractivity contribution is 5.94. The molecule has 2 aromatic carbocycles. The van der Waals surface area contributed by atoms with E-state index in [2.05, 4.69) is 26.5 Å². The van der Waals surface area contributed by atoms with E-state index in [9.17, 15) is 4.79 Å². The average Bonchev–Trinajstić information content (AvgIpc) is 3.31. The van der Waals surface area contributed by atoms with Crippen LogP contribution >= 0.6 is 0 Å². The van der Waals surface area contributed by atoms with E-state index in [4.69, 9.17) is 14.5 Å². The molecule has 8 nitrogen and oxygen atoms in total. The molecule has 4 aromatic rings. The van der Waals surface area contributed by atoms with Gasteiger partial charge in [-0.3, -0.25) is 9.78 Å². The van der Waals surface area contributed by atoms with Gasteiger partial charge in [0.1, 0.15) is 12.4 Å². The number of pyridine rings is 1. The summed E-state index contributed by atoms with van der Waals surface area (Å²) in [6.45, 7) is 0.381. The summed E-state index contributed by atoms with van der Waals surface area (Å²) < 4.78 is 10.9. The average molecular weight is 411 g/mol. The summed E-state index contributed by atoms with van der Waals surface area (Å²) in [6, 6.07) is 19.7. The van der Waals surface area contributed by atoms with Gasteiger partial charge in [0, 0.05) is 29.1 Å². The second kappa shape index (κ2) is 9.33. The smallest absolute Gasteiger partial charge is 0.251 e. The lowest BCUT2D eigenvalue weighted by atomic mass is 10.1. The molecular weight excluding hydrogens is 394 g/mol. The van der Waals surface area contributed by atoms with Crippen LogP contribution in [0.3, 0.4) is 0 Å². The summed E-state index contributed by atoms with van der Waals surface area (Å²) >= 11 is 0. The molecule has 4 rings (SSSR count). The van der Waals surface area contributed by atoms with Gasteiger partial charge in [0.2, 0.25) is 11.7 Å². The van der Waals surface area contributed by atoms with Crippen LogP contribution in [0.15, 0.2) is 77.6 Å². The fraction of sp³-hybridized carbons (Fsp3) is 0.0870. The monoisotopic (exact) mass is 411 g/mol. The van der Waals surface area contributed by atoms with Crippen LogP contribution in [0.1, 0.15) is 27.4 Å². The molecule has 0 saturated heterocycles. The zero-order valence-corrected chi connectivity index (χ0v) is 16.4. The fourth-order valence-electron chi connectivity index (χ4n) is 2.82. The summed E-state index contributed by atoms with van der Waals surface area (Å²) in [5.41, 5.74) is 2.63. The Morgan fingerprint density at radius 2 is 1.84 bits per heavy atom. The van der Waals surface area contributed by atoms with Crippen LogP contribution in [0.2, 0.25) is 0 Å². The van der Waals surface area contributed by atoms with E-state index in [1.54, 1.807) is 54.9 Å². The molecule has 0 spiro atoms. The summed E-state index contributed by atoms with van der Waals surface area (Å²) in [6.07, 6.45) is 3.28. The number of hydrogen-bond donors (Lipinski definition) is 1. The maximum absolute atomic E-state index is 12.4. The van der Waals surface area contributed by atoms with Gasteiger partial charge in [-0.1, -0.05) is 23.4 Å². The van der Waals surface area contributed by atoms with Crippen molar-refractivity contribution < 1.29 is 14.1 Å². The number of ether oxygens (including phenoxy) is 1. The van der Waals surface area contributed by atoms with Gasteiger partial charge in [0.15, 0.2) is 0 Å². The highest BCUT2D eigenvalue weighted by Crippen LogP contribution is 2.17. The van der Waals surface area contributed by atoms with Gasteiger partial charge in [-0.2, -0.15) is 10.2 Å². The molecule has 2 heterocycles. The van der Waals surface area contributed by atoms with Crippen molar-refractivity contribution in [3.8, 4) is 23.2 Å². The van der Waals surface area contributed by atoms with Gasteiger partial charge in [-0.15, -0.1) is 0 Å². The van der Waals surface area contributed by atoms with Crippen molar-refractivity contribution in [1.29, 1.82) is 5.26 Å². The van der Waals surface area contributed by atoms with Crippen molar-refractivity contribution in [3.05, 3.63) is 95.6 Å². The Bertz CT molecular complexity index is 1210. The third-order valence-electron chi connectivity index (χ3n) is 4.46. The van der Waals surface area contributed by atoms with Crippen LogP contribution in [-0.2, 0) is 13.2 Å². The number of aromatic nitrogens is 3. The van der Waals surface area contributed by atoms with Gasteiger partial charge >= 0.3 is 0 Å². The van der Waals surface area contributed by atoms with Crippen molar-refractivity contribution in [3.63, 3.8) is 0 Å². The first-order valence-electron chi connectivity index (χ1n) is 9.45. The van der Waals surface area contributed by atoms with Gasteiger partial charge < -0.3 is 14.6 Å². The third-order valence-corrected chi connectivity index (χ3v) is 4.46. The Hall–Kier alpha value is -4.51. The van der Waals surface area contributed by atoms with Crippen molar-refractivity contribution in [1.82, 2.24) is 20.4 Å². The highest BCUT2D eigenvalue weighted by Gasteiger charge is 2.11. The SMILES string of the molecule is N#Cc1ccccc1COc1ccc(C(=O)NCc2nc(-c3ccncc3)no2)cc1. The summed E-state index contributed by atoms with van der Waals surface area (Å²) in [5, 5.41) is 15.8. The molecule has 2 aromatic heterocycles. The fourth-order valence-corrected chi connectivity index (χ4v) is 2.82. The molecule has 0 aliphatic rings. The number of amides is 1. The summed E-state index contributed by atoms with van der Waals surface area (Å²) in [4.78, 5) is 20.6. The third kappa shape index (κ3) is 4.92. The van der Waals surface area contributed by atoms with Gasteiger partial charge in [0.25, 0.3) is 5.91 Å². The number of hydrogen-bond acceptors (Lipinski definition) is 7. The molecule has 0 saturated carbocycles. The highest BCUT2D eigenvalue weighted by atomic mass is 16.5. The molecule has 0 radical (unpaired) electrons. The first-order valence-corrected chi connectivity index (χ1v) is 9.45. The molecule has 8 heteroatoms. The maximum atomic E-state index is 12.4. The van der Waals surface area contributed by atoms with Gasteiger partial charge in [-0.25, -0.2) is 0 Å². The molecular formula is C23H17N5O3. The van der Waals surface area contributed by atoms with Crippen molar-refractivity contribution in [2.45, 2.75) is 13.2 Å². The van der Waals surface area contributed by atoms with Crippen LogP contribution in [0.4, 0.5) is 0 Å². The minimum absolute atomic E-state index is 0.111. The molecule has 1 amide bonds. The quantitative estimate of drug-likeness (QED) is 0.495. The van der Waals surface area contributed by atoms with E-state index < -0.39 is 0 Å². The molecule has 0 fully saturated rings. The largest absolute Gasteiger partial charge is 0.489 e. The number of carbonyl (C=O) groups is 1. The molecule has 0 atom stereocenters. The number of nitriles is 1. The van der Waals surface area contributed by atoms with Crippen LogP contribution in [0.25, 0.3) is 11.4 Å². The van der Waals surface area contributed by atoms with Crippen LogP contribution in [-0.4, -0.2) is 21.0 Å². The molecule has 0 bridgehead atoms. The standard InChI is InChI=1S/C23H17N5O3/c24-13-18-3-1-2-4-19(18)15-30-20-7-5-17(6-8-20)23(29)26-14-21-27-22(28-31-21)16-9-11-25-12-10-16/h1-12H,14-15H2,(H,26,29). The van der Waals surface area contributed by atoms with Gasteiger partial charge in [-0.05, 0) is 42.5 Å². The molecule has 152 valence electrons. The Labute approximate surface area is 178 Å². The molecule has 0 aliphatic carbocycles. The Morgan fingerprint density at radius 1 is 1.06 bits per heavy atom. The van der Waals surface area contributed by atoms with Crippen molar-refractivity contribution >= 4 is 5.91 Å². The second-order valence-electron chi connectivity index (χ2n) is 6.51. The molecule has 0 aliphatic heterocycles. The number of nitrogens with one attached hydrogen (secondary N) is 1. The Kier molecular flexibility index (Phi) is 5.95. The van der Waals surface area contributed by atoms with E-state index in [1.165, 1.54) is 0 Å². The van der Waals surface area contributed by atoms with Gasteiger partial charge in [0.05, 0.1) is 18.2 Å².